The molecule has 2 rings (SSSR count). The Labute approximate surface area is 137 Å². The molecule has 0 aliphatic heterocycles. The fraction of sp³-hybridized carbons (Fsp3) is 0.263. The second kappa shape index (κ2) is 8.13. The first-order valence-corrected chi connectivity index (χ1v) is 7.70. The first-order chi connectivity index (χ1) is 11.1. The van der Waals surface area contributed by atoms with E-state index in [0.717, 1.165) is 22.4 Å². The van der Waals surface area contributed by atoms with Crippen LogP contribution in [0.1, 0.15) is 29.2 Å². The molecular formula is C19H22N2O2. The van der Waals surface area contributed by atoms with Crippen LogP contribution >= 0.6 is 0 Å². The summed E-state index contributed by atoms with van der Waals surface area (Å²) >= 11 is 0. The lowest BCUT2D eigenvalue weighted by atomic mass is 10.0. The number of hydrogen-bond donors (Lipinski definition) is 1. The van der Waals surface area contributed by atoms with Crippen LogP contribution < -0.4 is 10.2 Å². The average Bonchev–Trinajstić information content (AvgIpc) is 2.52. The van der Waals surface area contributed by atoms with Gasteiger partial charge in [0, 0.05) is 5.56 Å². The molecule has 0 aromatic heterocycles. The summed E-state index contributed by atoms with van der Waals surface area (Å²) < 4.78 is 5.51. The molecule has 4 heteroatoms. The third kappa shape index (κ3) is 4.95. The molecule has 0 heterocycles. The first-order valence-electron chi connectivity index (χ1n) is 7.70. The van der Waals surface area contributed by atoms with Crippen LogP contribution in [0.4, 0.5) is 0 Å². The molecule has 0 fully saturated rings. The van der Waals surface area contributed by atoms with Gasteiger partial charge in [0.05, 0.1) is 19.2 Å². The second-order valence-corrected chi connectivity index (χ2v) is 5.37. The summed E-state index contributed by atoms with van der Waals surface area (Å²) in [7, 11) is 0. The van der Waals surface area contributed by atoms with Crippen molar-refractivity contribution in [3.8, 4) is 5.75 Å². The zero-order chi connectivity index (χ0) is 16.7. The summed E-state index contributed by atoms with van der Waals surface area (Å²) in [5.41, 5.74) is 6.72. The maximum absolute atomic E-state index is 12.0. The van der Waals surface area contributed by atoms with Gasteiger partial charge in [-0.1, -0.05) is 35.9 Å². The number of nitrogens with zero attached hydrogens (tertiary/aromatic N) is 1. The molecule has 2 aromatic carbocycles. The largest absolute Gasteiger partial charge is 0.493 e. The first kappa shape index (κ1) is 16.7. The van der Waals surface area contributed by atoms with Gasteiger partial charge in [-0.05, 0) is 44.0 Å². The molecule has 23 heavy (non-hydrogen) atoms. The summed E-state index contributed by atoms with van der Waals surface area (Å²) in [4.78, 5) is 12.0. The number of amides is 1. The van der Waals surface area contributed by atoms with Crippen molar-refractivity contribution >= 4 is 12.1 Å². The number of benzene rings is 2. The molecule has 0 atom stereocenters. The molecule has 120 valence electrons. The Bertz CT molecular complexity index is 708. The molecule has 1 N–H and O–H groups in total. The Kier molecular flexibility index (Phi) is 5.92. The van der Waals surface area contributed by atoms with E-state index in [1.54, 1.807) is 6.21 Å². The topological polar surface area (TPSA) is 50.7 Å². The zero-order valence-electron chi connectivity index (χ0n) is 13.8. The Balaban J connectivity index is 1.96. The van der Waals surface area contributed by atoms with Crippen LogP contribution in [0.5, 0.6) is 5.75 Å². The van der Waals surface area contributed by atoms with Crippen LogP contribution in [0.15, 0.2) is 47.6 Å². The molecule has 0 aliphatic rings. The van der Waals surface area contributed by atoms with Crippen LogP contribution in [0.3, 0.4) is 0 Å². The summed E-state index contributed by atoms with van der Waals surface area (Å²) in [6.07, 6.45) is 1.92. The van der Waals surface area contributed by atoms with Crippen molar-refractivity contribution < 1.29 is 9.53 Å². The standard InChI is InChI=1S/C19H22N2O2/c1-4-23-18-8-6-5-7-17(18)13-20-21-19(22)12-16-10-9-14(2)11-15(16)3/h5-11,13H,4,12H2,1-3H3,(H,21,22)/b20-13+. The number of carbonyl (C=O) groups excluding carboxylic acids is 1. The van der Waals surface area contributed by atoms with E-state index in [0.29, 0.717) is 13.0 Å². The van der Waals surface area contributed by atoms with Crippen LogP contribution in [-0.2, 0) is 11.2 Å². The smallest absolute Gasteiger partial charge is 0.244 e. The van der Waals surface area contributed by atoms with Crippen molar-refractivity contribution in [1.29, 1.82) is 0 Å². The predicted molar refractivity (Wildman–Crippen MR) is 93.0 cm³/mol. The van der Waals surface area contributed by atoms with Gasteiger partial charge >= 0.3 is 0 Å². The number of para-hydroxylation sites is 1. The Hall–Kier alpha value is -2.62. The summed E-state index contributed by atoms with van der Waals surface area (Å²) in [5.74, 6) is 0.615. The van der Waals surface area contributed by atoms with Gasteiger partial charge in [-0.2, -0.15) is 5.10 Å². The van der Waals surface area contributed by atoms with Gasteiger partial charge in [0.15, 0.2) is 0 Å². The lowest BCUT2D eigenvalue weighted by molar-refractivity contribution is -0.120. The molecule has 0 saturated heterocycles. The van der Waals surface area contributed by atoms with E-state index in [1.807, 2.05) is 57.2 Å². The highest BCUT2D eigenvalue weighted by Gasteiger charge is 2.05. The highest BCUT2D eigenvalue weighted by atomic mass is 16.5. The third-order valence-corrected chi connectivity index (χ3v) is 3.46. The van der Waals surface area contributed by atoms with E-state index < -0.39 is 0 Å². The van der Waals surface area contributed by atoms with Crippen LogP contribution in [0, 0.1) is 13.8 Å². The zero-order valence-corrected chi connectivity index (χ0v) is 13.8. The molecule has 0 unspecified atom stereocenters. The summed E-state index contributed by atoms with van der Waals surface area (Å²) in [6, 6.07) is 13.6. The monoisotopic (exact) mass is 310 g/mol. The van der Waals surface area contributed by atoms with Crippen molar-refractivity contribution in [2.24, 2.45) is 5.10 Å². The van der Waals surface area contributed by atoms with Crippen LogP contribution in [0.25, 0.3) is 0 Å². The number of hydrogen-bond acceptors (Lipinski definition) is 3. The molecule has 0 radical (unpaired) electrons. The Morgan fingerprint density at radius 3 is 2.74 bits per heavy atom. The van der Waals surface area contributed by atoms with Crippen molar-refractivity contribution in [3.63, 3.8) is 0 Å². The predicted octanol–water partition coefficient (Wildman–Crippen LogP) is 3.39. The van der Waals surface area contributed by atoms with E-state index in [1.165, 1.54) is 5.56 Å². The molecule has 1 amide bonds. The second-order valence-electron chi connectivity index (χ2n) is 5.37. The van der Waals surface area contributed by atoms with Crippen molar-refractivity contribution in [2.45, 2.75) is 27.2 Å². The van der Waals surface area contributed by atoms with E-state index in [4.69, 9.17) is 4.74 Å². The van der Waals surface area contributed by atoms with Crippen LogP contribution in [0.2, 0.25) is 0 Å². The van der Waals surface area contributed by atoms with Gasteiger partial charge in [-0.3, -0.25) is 4.79 Å². The van der Waals surface area contributed by atoms with Gasteiger partial charge < -0.3 is 4.74 Å². The van der Waals surface area contributed by atoms with Crippen molar-refractivity contribution in [1.82, 2.24) is 5.43 Å². The summed E-state index contributed by atoms with van der Waals surface area (Å²) in [5, 5.41) is 4.02. The number of carbonyl (C=O) groups is 1. The van der Waals surface area contributed by atoms with Gasteiger partial charge in [0.25, 0.3) is 0 Å². The summed E-state index contributed by atoms with van der Waals surface area (Å²) in [6.45, 7) is 6.57. The van der Waals surface area contributed by atoms with Gasteiger partial charge in [0.2, 0.25) is 5.91 Å². The highest BCUT2D eigenvalue weighted by Crippen LogP contribution is 2.15. The molecule has 4 nitrogen and oxygen atoms in total. The lowest BCUT2D eigenvalue weighted by Crippen LogP contribution is -2.20. The number of rotatable bonds is 6. The normalized spacial score (nSPS) is 10.7. The highest BCUT2D eigenvalue weighted by molar-refractivity contribution is 5.85. The number of aryl methyl sites for hydroxylation is 2. The molecule has 2 aromatic rings. The molecule has 0 saturated carbocycles. The fourth-order valence-electron chi connectivity index (χ4n) is 2.30. The van der Waals surface area contributed by atoms with E-state index in [9.17, 15) is 4.79 Å². The number of nitrogens with one attached hydrogen (secondary N) is 1. The Morgan fingerprint density at radius 1 is 1.22 bits per heavy atom. The fourth-order valence-corrected chi connectivity index (χ4v) is 2.30. The molecular weight excluding hydrogens is 288 g/mol. The van der Waals surface area contributed by atoms with Gasteiger partial charge in [-0.15, -0.1) is 0 Å². The van der Waals surface area contributed by atoms with Crippen molar-refractivity contribution in [2.75, 3.05) is 6.61 Å². The van der Waals surface area contributed by atoms with Crippen molar-refractivity contribution in [3.05, 3.63) is 64.7 Å². The molecule has 0 bridgehead atoms. The SMILES string of the molecule is CCOc1ccccc1/C=N/NC(=O)Cc1ccc(C)cc1C. The number of ether oxygens (including phenoxy) is 1. The maximum atomic E-state index is 12.0. The average molecular weight is 310 g/mol. The van der Waals surface area contributed by atoms with E-state index in [-0.39, 0.29) is 5.91 Å². The minimum absolute atomic E-state index is 0.137. The molecule has 0 spiro atoms. The van der Waals surface area contributed by atoms with Gasteiger partial charge in [-0.25, -0.2) is 5.43 Å². The molecule has 0 aliphatic carbocycles. The number of hydrazone groups is 1. The minimum Gasteiger partial charge on any atom is -0.493 e. The maximum Gasteiger partial charge on any atom is 0.244 e. The lowest BCUT2D eigenvalue weighted by Gasteiger charge is -2.07. The van der Waals surface area contributed by atoms with Gasteiger partial charge in [0.1, 0.15) is 5.75 Å². The Morgan fingerprint density at radius 2 is 2.00 bits per heavy atom. The van der Waals surface area contributed by atoms with E-state index >= 15 is 0 Å². The minimum atomic E-state index is -0.137. The van der Waals surface area contributed by atoms with E-state index in [2.05, 4.69) is 16.6 Å². The third-order valence-electron chi connectivity index (χ3n) is 3.46. The quantitative estimate of drug-likeness (QED) is 0.657. The van der Waals surface area contributed by atoms with Crippen LogP contribution in [-0.4, -0.2) is 18.7 Å².